The molecule has 1 aliphatic heterocycles. The lowest BCUT2D eigenvalue weighted by molar-refractivity contribution is -0.000346. The van der Waals surface area contributed by atoms with Crippen LogP contribution in [0.2, 0.25) is 0 Å². The van der Waals surface area contributed by atoms with E-state index in [1.54, 1.807) is 30.2 Å². The number of nitrogens with two attached hydrogens (primary N) is 1. The molecule has 0 bridgehead atoms. The Bertz CT molecular complexity index is 919. The van der Waals surface area contributed by atoms with Crippen LogP contribution in [0.25, 0.3) is 0 Å². The summed E-state index contributed by atoms with van der Waals surface area (Å²) in [6.45, 7) is 10.5. The first-order valence-electron chi connectivity index (χ1n) is 10.2. The monoisotopic (exact) mass is 447 g/mol. The third-order valence-electron chi connectivity index (χ3n) is 4.86. The van der Waals surface area contributed by atoms with Crippen molar-refractivity contribution in [2.24, 2.45) is 5.92 Å². The molecule has 31 heavy (non-hydrogen) atoms. The van der Waals surface area contributed by atoms with Gasteiger partial charge >= 0.3 is 6.09 Å². The topological polar surface area (TPSA) is 120 Å². The molecule has 1 aliphatic rings. The maximum absolute atomic E-state index is 12.4. The van der Waals surface area contributed by atoms with Crippen LogP contribution in [0.15, 0.2) is 18.3 Å². The van der Waals surface area contributed by atoms with E-state index in [9.17, 15) is 9.59 Å². The van der Waals surface area contributed by atoms with Crippen LogP contribution in [-0.4, -0.2) is 51.1 Å². The number of aromatic nitrogens is 2. The molecule has 2 unspecified atom stereocenters. The Balaban J connectivity index is 1.54. The number of hydrogen-bond donors (Lipinski definition) is 2. The van der Waals surface area contributed by atoms with Gasteiger partial charge in [-0.2, -0.15) is 4.37 Å². The number of nitrogen functional groups attached to an aromatic ring is 1. The first kappa shape index (κ1) is 22.8. The average Bonchev–Trinajstić information content (AvgIpc) is 3.02. The first-order valence-corrected chi connectivity index (χ1v) is 10.9. The van der Waals surface area contributed by atoms with Crippen LogP contribution in [-0.2, 0) is 4.74 Å². The number of aryl methyl sites for hydroxylation is 1. The SMILES string of the molecule is Cc1nsc(N)c1C(=O)Nc1ccc(OC2CCN(C(=O)OC(C)(C)C)CC2C)nc1. The maximum atomic E-state index is 12.4. The van der Waals surface area contributed by atoms with Gasteiger partial charge in [0.1, 0.15) is 16.7 Å². The molecular weight excluding hydrogens is 418 g/mol. The Morgan fingerprint density at radius 2 is 2.06 bits per heavy atom. The minimum absolute atomic E-state index is 0.0639. The van der Waals surface area contributed by atoms with Gasteiger partial charge < -0.3 is 25.4 Å². The Kier molecular flexibility index (Phi) is 6.68. The molecule has 168 valence electrons. The minimum Gasteiger partial charge on any atom is -0.474 e. The standard InChI is InChI=1S/C21H29N5O4S/c1-12-11-26(20(28)30-21(3,4)5)9-8-15(12)29-16-7-6-14(10-23-16)24-19(27)17-13(2)25-31-18(17)22/h6-7,10,12,15H,8-9,11,22H2,1-5H3,(H,24,27). The second kappa shape index (κ2) is 9.09. The molecule has 3 rings (SSSR count). The lowest BCUT2D eigenvalue weighted by Gasteiger charge is -2.37. The molecule has 3 heterocycles. The second-order valence-electron chi connectivity index (χ2n) is 8.70. The van der Waals surface area contributed by atoms with Gasteiger partial charge in [-0.05, 0) is 45.3 Å². The van der Waals surface area contributed by atoms with Gasteiger partial charge in [-0.3, -0.25) is 4.79 Å². The molecule has 3 N–H and O–H groups in total. The van der Waals surface area contributed by atoms with Crippen molar-refractivity contribution in [2.75, 3.05) is 24.1 Å². The van der Waals surface area contributed by atoms with Crippen LogP contribution >= 0.6 is 11.5 Å². The number of carbonyl (C=O) groups excluding carboxylic acids is 2. The summed E-state index contributed by atoms with van der Waals surface area (Å²) in [6, 6.07) is 3.44. The molecule has 0 spiro atoms. The van der Waals surface area contributed by atoms with Crippen molar-refractivity contribution in [1.29, 1.82) is 0 Å². The van der Waals surface area contributed by atoms with Crippen molar-refractivity contribution in [3.63, 3.8) is 0 Å². The lowest BCUT2D eigenvalue weighted by atomic mass is 9.97. The zero-order valence-electron chi connectivity index (χ0n) is 18.5. The number of anilines is 2. The molecule has 0 radical (unpaired) electrons. The summed E-state index contributed by atoms with van der Waals surface area (Å²) in [6.07, 6.45) is 1.86. The molecule has 0 saturated carbocycles. The number of nitrogens with zero attached hydrogens (tertiary/aromatic N) is 3. The third-order valence-corrected chi connectivity index (χ3v) is 5.63. The molecule has 2 aromatic heterocycles. The number of hydrogen-bond acceptors (Lipinski definition) is 8. The van der Waals surface area contributed by atoms with E-state index in [1.807, 2.05) is 27.7 Å². The highest BCUT2D eigenvalue weighted by molar-refractivity contribution is 7.10. The number of carbonyl (C=O) groups is 2. The van der Waals surface area contributed by atoms with Crippen LogP contribution < -0.4 is 15.8 Å². The fourth-order valence-electron chi connectivity index (χ4n) is 3.33. The highest BCUT2D eigenvalue weighted by Gasteiger charge is 2.32. The van der Waals surface area contributed by atoms with E-state index < -0.39 is 5.60 Å². The fourth-order valence-corrected chi connectivity index (χ4v) is 3.99. The molecular formula is C21H29N5O4S. The highest BCUT2D eigenvalue weighted by Crippen LogP contribution is 2.25. The molecule has 2 atom stereocenters. The van der Waals surface area contributed by atoms with Crippen LogP contribution in [0.1, 0.15) is 50.2 Å². The Morgan fingerprint density at radius 1 is 1.32 bits per heavy atom. The molecule has 2 aromatic rings. The first-order chi connectivity index (χ1) is 14.5. The van der Waals surface area contributed by atoms with Crippen molar-refractivity contribution in [3.05, 3.63) is 29.6 Å². The van der Waals surface area contributed by atoms with Gasteiger partial charge in [-0.25, -0.2) is 9.78 Å². The molecule has 2 amide bonds. The predicted octanol–water partition coefficient (Wildman–Crippen LogP) is 3.71. The summed E-state index contributed by atoms with van der Waals surface area (Å²) in [5, 5.41) is 3.16. The maximum Gasteiger partial charge on any atom is 0.410 e. The number of piperidine rings is 1. The highest BCUT2D eigenvalue weighted by atomic mass is 32.1. The summed E-state index contributed by atoms with van der Waals surface area (Å²) in [7, 11) is 0. The zero-order chi connectivity index (χ0) is 22.8. The van der Waals surface area contributed by atoms with Crippen molar-refractivity contribution < 1.29 is 19.1 Å². The number of likely N-dealkylation sites (tertiary alicyclic amines) is 1. The van der Waals surface area contributed by atoms with E-state index in [0.717, 1.165) is 11.5 Å². The summed E-state index contributed by atoms with van der Waals surface area (Å²) in [5.74, 6) is 0.273. The number of amides is 2. The van der Waals surface area contributed by atoms with Gasteiger partial charge in [-0.15, -0.1) is 0 Å². The van der Waals surface area contributed by atoms with Crippen LogP contribution in [0.3, 0.4) is 0 Å². The van der Waals surface area contributed by atoms with Crippen molar-refractivity contribution in [1.82, 2.24) is 14.3 Å². The molecule has 1 saturated heterocycles. The zero-order valence-corrected chi connectivity index (χ0v) is 19.3. The van der Waals surface area contributed by atoms with Crippen molar-refractivity contribution >= 4 is 34.2 Å². The van der Waals surface area contributed by atoms with Gasteiger partial charge in [0, 0.05) is 31.5 Å². The molecule has 1 fully saturated rings. The Hall–Kier alpha value is -2.88. The summed E-state index contributed by atoms with van der Waals surface area (Å²) in [5.41, 5.74) is 6.83. The number of nitrogens with one attached hydrogen (secondary N) is 1. The van der Waals surface area contributed by atoms with E-state index in [1.165, 1.54) is 0 Å². The molecule has 0 aliphatic carbocycles. The van der Waals surface area contributed by atoms with Gasteiger partial charge in [0.2, 0.25) is 5.88 Å². The summed E-state index contributed by atoms with van der Waals surface area (Å²) < 4.78 is 15.6. The van der Waals surface area contributed by atoms with E-state index in [0.29, 0.717) is 47.3 Å². The largest absolute Gasteiger partial charge is 0.474 e. The molecule has 9 nitrogen and oxygen atoms in total. The number of ether oxygens (including phenoxy) is 2. The summed E-state index contributed by atoms with van der Waals surface area (Å²) >= 11 is 1.10. The van der Waals surface area contributed by atoms with Crippen LogP contribution in [0.4, 0.5) is 15.5 Å². The normalized spacial score (nSPS) is 19.1. The Morgan fingerprint density at radius 3 is 2.61 bits per heavy atom. The van der Waals surface area contributed by atoms with Gasteiger partial charge in [0.25, 0.3) is 5.91 Å². The van der Waals surface area contributed by atoms with E-state index in [-0.39, 0.29) is 24.0 Å². The van der Waals surface area contributed by atoms with Crippen molar-refractivity contribution in [2.45, 2.75) is 52.7 Å². The second-order valence-corrected chi connectivity index (χ2v) is 9.50. The van der Waals surface area contributed by atoms with E-state index in [4.69, 9.17) is 15.2 Å². The molecule has 10 heteroatoms. The number of rotatable bonds is 4. The predicted molar refractivity (Wildman–Crippen MR) is 119 cm³/mol. The Labute approximate surface area is 186 Å². The quantitative estimate of drug-likeness (QED) is 0.733. The average molecular weight is 448 g/mol. The third kappa shape index (κ3) is 5.84. The van der Waals surface area contributed by atoms with Crippen LogP contribution in [0, 0.1) is 12.8 Å². The van der Waals surface area contributed by atoms with E-state index >= 15 is 0 Å². The minimum atomic E-state index is -0.515. The smallest absolute Gasteiger partial charge is 0.410 e. The van der Waals surface area contributed by atoms with Gasteiger partial charge in [-0.1, -0.05) is 6.92 Å². The van der Waals surface area contributed by atoms with Gasteiger partial charge in [0.05, 0.1) is 23.1 Å². The molecule has 0 aromatic carbocycles. The van der Waals surface area contributed by atoms with Crippen LogP contribution in [0.5, 0.6) is 5.88 Å². The van der Waals surface area contributed by atoms with Gasteiger partial charge in [0.15, 0.2) is 0 Å². The fraction of sp³-hybridized carbons (Fsp3) is 0.524. The lowest BCUT2D eigenvalue weighted by Crippen LogP contribution is -2.48. The van der Waals surface area contributed by atoms with E-state index in [2.05, 4.69) is 14.7 Å². The summed E-state index contributed by atoms with van der Waals surface area (Å²) in [4.78, 5) is 30.7. The van der Waals surface area contributed by atoms with Crippen molar-refractivity contribution in [3.8, 4) is 5.88 Å². The number of pyridine rings is 1.